The van der Waals surface area contributed by atoms with Crippen molar-refractivity contribution >= 4 is 9.76 Å². The van der Waals surface area contributed by atoms with Crippen LogP contribution in [0.25, 0.3) is 0 Å². The monoisotopic (exact) mass is 484 g/mol. The van der Waals surface area contributed by atoms with Crippen LogP contribution in [0.15, 0.2) is 0 Å². The molecule has 0 saturated heterocycles. The zero-order valence-electron chi connectivity index (χ0n) is 19.6. The zero-order chi connectivity index (χ0) is 24.1. The number of hydrogen-bond acceptors (Lipinski definition) is 3. The summed E-state index contributed by atoms with van der Waals surface area (Å²) in [5.74, 6) is -9.28. The molecule has 3 nitrogen and oxygen atoms in total. The summed E-state index contributed by atoms with van der Waals surface area (Å²) < 4.78 is 83.7. The maximum absolute atomic E-state index is 13.6. The standard InChI is InChI=1S/C23H37F5O3Si/c1-15(2)29-23(30-16(3)4)31-32-14-12-10-8-6-5-7-9-11-13-17-18(24)20(26)22(28)21(27)19(17)25/h15-16,23H,5-14,32H2,1-4H3. The summed E-state index contributed by atoms with van der Waals surface area (Å²) in [5.41, 5.74) is -0.715. The predicted molar refractivity (Wildman–Crippen MR) is 118 cm³/mol. The van der Waals surface area contributed by atoms with Crippen molar-refractivity contribution < 1.29 is 35.9 Å². The van der Waals surface area contributed by atoms with Crippen LogP contribution in [0.4, 0.5) is 22.0 Å². The molecule has 1 aromatic rings. The number of ether oxygens (including phenoxy) is 2. The van der Waals surface area contributed by atoms with Crippen LogP contribution in [0.1, 0.15) is 84.6 Å². The quantitative estimate of drug-likeness (QED) is 0.0615. The van der Waals surface area contributed by atoms with Gasteiger partial charge in [0.2, 0.25) is 5.82 Å². The zero-order valence-corrected chi connectivity index (χ0v) is 21.0. The lowest BCUT2D eigenvalue weighted by atomic mass is 10.0. The minimum Gasteiger partial charge on any atom is -0.379 e. The maximum atomic E-state index is 13.6. The summed E-state index contributed by atoms with van der Waals surface area (Å²) in [4.78, 5) is 0. The third kappa shape index (κ3) is 10.7. The molecular formula is C23H37F5O3Si. The molecule has 32 heavy (non-hydrogen) atoms. The fraction of sp³-hybridized carbons (Fsp3) is 0.739. The fourth-order valence-corrected chi connectivity index (χ4v) is 4.32. The highest BCUT2D eigenvalue weighted by Crippen LogP contribution is 2.24. The van der Waals surface area contributed by atoms with E-state index >= 15 is 0 Å². The molecule has 0 aliphatic rings. The van der Waals surface area contributed by atoms with Crippen LogP contribution in [-0.4, -0.2) is 28.4 Å². The second-order valence-electron chi connectivity index (χ2n) is 8.51. The second kappa shape index (κ2) is 15.7. The van der Waals surface area contributed by atoms with Gasteiger partial charge in [-0.2, -0.15) is 0 Å². The summed E-state index contributed by atoms with van der Waals surface area (Å²) in [6.07, 6.45) is 7.23. The number of hydrogen-bond donors (Lipinski definition) is 0. The summed E-state index contributed by atoms with van der Waals surface area (Å²) >= 11 is 0. The molecule has 0 aliphatic heterocycles. The van der Waals surface area contributed by atoms with E-state index in [0.717, 1.165) is 44.6 Å². The van der Waals surface area contributed by atoms with E-state index in [0.29, 0.717) is 12.8 Å². The largest absolute Gasteiger partial charge is 0.379 e. The van der Waals surface area contributed by atoms with E-state index in [4.69, 9.17) is 13.9 Å². The number of unbranched alkanes of at least 4 members (excludes halogenated alkanes) is 7. The van der Waals surface area contributed by atoms with E-state index in [1.165, 1.54) is 0 Å². The van der Waals surface area contributed by atoms with Crippen molar-refractivity contribution in [2.45, 2.75) is 110 Å². The Balaban J connectivity index is 2.08. The van der Waals surface area contributed by atoms with Crippen molar-refractivity contribution in [2.75, 3.05) is 0 Å². The summed E-state index contributed by atoms with van der Waals surface area (Å²) in [5, 5.41) is 0. The van der Waals surface area contributed by atoms with E-state index < -0.39 is 50.9 Å². The molecule has 0 heterocycles. The van der Waals surface area contributed by atoms with Crippen LogP contribution in [0.3, 0.4) is 0 Å². The SMILES string of the molecule is CC(C)OC(O[SiH2]CCCCCCCCCCc1c(F)c(F)c(F)c(F)c1F)OC(C)C. The van der Waals surface area contributed by atoms with Gasteiger partial charge in [-0.25, -0.2) is 22.0 Å². The van der Waals surface area contributed by atoms with Gasteiger partial charge in [0.15, 0.2) is 33.0 Å². The lowest BCUT2D eigenvalue weighted by Gasteiger charge is -2.23. The third-order valence-electron chi connectivity index (χ3n) is 4.89. The van der Waals surface area contributed by atoms with Gasteiger partial charge in [0.1, 0.15) is 0 Å². The van der Waals surface area contributed by atoms with Crippen molar-refractivity contribution in [3.8, 4) is 0 Å². The Labute approximate surface area is 191 Å². The Bertz CT molecular complexity index is 635. The fourth-order valence-electron chi connectivity index (χ4n) is 3.25. The van der Waals surface area contributed by atoms with Gasteiger partial charge in [-0.05, 0) is 46.6 Å². The van der Waals surface area contributed by atoms with Gasteiger partial charge in [-0.15, -0.1) is 0 Å². The molecule has 9 heteroatoms. The average molecular weight is 485 g/mol. The highest BCUT2D eigenvalue weighted by atomic mass is 28.2. The molecule has 0 bridgehead atoms. The molecule has 186 valence electrons. The van der Waals surface area contributed by atoms with Crippen LogP contribution < -0.4 is 0 Å². The molecule has 0 unspecified atom stereocenters. The average Bonchev–Trinajstić information content (AvgIpc) is 2.72. The van der Waals surface area contributed by atoms with E-state index in [1.807, 2.05) is 27.7 Å². The highest BCUT2D eigenvalue weighted by molar-refractivity contribution is 6.27. The first-order valence-electron chi connectivity index (χ1n) is 11.6. The first-order chi connectivity index (χ1) is 15.1. The van der Waals surface area contributed by atoms with Gasteiger partial charge < -0.3 is 13.9 Å². The maximum Gasteiger partial charge on any atom is 0.262 e. The van der Waals surface area contributed by atoms with Crippen molar-refractivity contribution in [1.29, 1.82) is 0 Å². The molecule has 0 atom stereocenters. The Kier molecular flexibility index (Phi) is 14.3. The lowest BCUT2D eigenvalue weighted by Crippen LogP contribution is -2.28. The van der Waals surface area contributed by atoms with Crippen molar-refractivity contribution in [2.24, 2.45) is 0 Å². The van der Waals surface area contributed by atoms with E-state index in [1.54, 1.807) is 0 Å². The van der Waals surface area contributed by atoms with Crippen LogP contribution >= 0.6 is 0 Å². The first-order valence-corrected chi connectivity index (χ1v) is 13.2. The predicted octanol–water partition coefficient (Wildman–Crippen LogP) is 6.70. The smallest absolute Gasteiger partial charge is 0.262 e. The van der Waals surface area contributed by atoms with Gasteiger partial charge in [0.25, 0.3) is 6.48 Å². The summed E-state index contributed by atoms with van der Waals surface area (Å²) in [6, 6.07) is 1.06. The Morgan fingerprint density at radius 2 is 1.00 bits per heavy atom. The molecule has 1 aromatic carbocycles. The van der Waals surface area contributed by atoms with Crippen molar-refractivity contribution in [1.82, 2.24) is 0 Å². The molecule has 0 radical (unpaired) electrons. The normalized spacial score (nSPS) is 12.4. The van der Waals surface area contributed by atoms with Crippen LogP contribution in [0.5, 0.6) is 0 Å². The second-order valence-corrected chi connectivity index (χ2v) is 9.96. The van der Waals surface area contributed by atoms with Crippen molar-refractivity contribution in [3.63, 3.8) is 0 Å². The van der Waals surface area contributed by atoms with Gasteiger partial charge >= 0.3 is 0 Å². The molecule has 1 rings (SSSR count). The molecule has 0 fully saturated rings. The Morgan fingerprint density at radius 1 is 0.594 bits per heavy atom. The van der Waals surface area contributed by atoms with Crippen LogP contribution in [-0.2, 0) is 20.3 Å². The molecule has 0 spiro atoms. The highest BCUT2D eigenvalue weighted by Gasteiger charge is 2.25. The minimum absolute atomic E-state index is 0.0452. The molecular weight excluding hydrogens is 447 g/mol. The third-order valence-corrected chi connectivity index (χ3v) is 6.19. The van der Waals surface area contributed by atoms with Gasteiger partial charge in [-0.3, -0.25) is 0 Å². The van der Waals surface area contributed by atoms with Crippen LogP contribution in [0.2, 0.25) is 6.04 Å². The first kappa shape index (κ1) is 29.0. The lowest BCUT2D eigenvalue weighted by molar-refractivity contribution is -0.275. The molecule has 0 amide bonds. The molecule has 0 saturated carbocycles. The van der Waals surface area contributed by atoms with Gasteiger partial charge in [-0.1, -0.05) is 44.9 Å². The van der Waals surface area contributed by atoms with E-state index in [9.17, 15) is 22.0 Å². The van der Waals surface area contributed by atoms with Crippen LogP contribution in [0, 0.1) is 29.1 Å². The van der Waals surface area contributed by atoms with Gasteiger partial charge in [0.05, 0.1) is 12.2 Å². The van der Waals surface area contributed by atoms with Gasteiger partial charge in [0, 0.05) is 5.56 Å². The van der Waals surface area contributed by atoms with Crippen molar-refractivity contribution in [3.05, 3.63) is 34.6 Å². The Morgan fingerprint density at radius 3 is 1.47 bits per heavy atom. The minimum atomic E-state index is -2.11. The molecule has 0 N–H and O–H groups in total. The summed E-state index contributed by atoms with van der Waals surface area (Å²) in [7, 11) is -0.702. The number of rotatable bonds is 17. The summed E-state index contributed by atoms with van der Waals surface area (Å²) in [6.45, 7) is 7.20. The number of benzene rings is 1. The Hall–Kier alpha value is -1.03. The van der Waals surface area contributed by atoms with E-state index in [-0.39, 0.29) is 18.6 Å². The number of halogens is 5. The molecule has 0 aromatic heterocycles. The topological polar surface area (TPSA) is 27.7 Å². The van der Waals surface area contributed by atoms with E-state index in [2.05, 4.69) is 0 Å². The molecule has 0 aliphatic carbocycles.